The van der Waals surface area contributed by atoms with Gasteiger partial charge in [0.1, 0.15) is 0 Å². The van der Waals surface area contributed by atoms with E-state index in [9.17, 15) is 4.79 Å². The summed E-state index contributed by atoms with van der Waals surface area (Å²) in [5.74, 6) is -0.0305. The Morgan fingerprint density at radius 3 is 2.00 bits per heavy atom. The van der Waals surface area contributed by atoms with Crippen LogP contribution < -0.4 is 10.2 Å². The molecule has 1 aliphatic carbocycles. The summed E-state index contributed by atoms with van der Waals surface area (Å²) in [6, 6.07) is 8.81. The maximum absolute atomic E-state index is 11.7. The minimum Gasteiger partial charge on any atom is -0.375 e. The largest absolute Gasteiger partial charge is 0.375 e. The molecule has 1 N–H and O–H groups in total. The zero-order chi connectivity index (χ0) is 18.6. The molecule has 3 fully saturated rings. The number of anilines is 1. The predicted octanol–water partition coefficient (Wildman–Crippen LogP) is 3.47. The summed E-state index contributed by atoms with van der Waals surface area (Å²) >= 11 is 0. The zero-order valence-corrected chi connectivity index (χ0v) is 17.8. The molecule has 0 unspecified atom stereocenters. The average molecular weight is 408 g/mol. The molecule has 1 saturated carbocycles. The van der Waals surface area contributed by atoms with Crippen LogP contribution in [0.5, 0.6) is 0 Å². The van der Waals surface area contributed by atoms with Gasteiger partial charge in [0.15, 0.2) is 0 Å². The Morgan fingerprint density at radius 2 is 1.50 bits per heavy atom. The van der Waals surface area contributed by atoms with Gasteiger partial charge in [-0.3, -0.25) is 4.79 Å². The van der Waals surface area contributed by atoms with E-state index in [0.29, 0.717) is 17.8 Å². The van der Waals surface area contributed by atoms with Crippen LogP contribution in [-0.4, -0.2) is 62.3 Å². The van der Waals surface area contributed by atoms with Gasteiger partial charge >= 0.3 is 0 Å². The van der Waals surface area contributed by atoms with E-state index >= 15 is 0 Å². The number of nitrogens with one attached hydrogen (secondary N) is 1. The van der Waals surface area contributed by atoms with Gasteiger partial charge < -0.3 is 19.9 Å². The van der Waals surface area contributed by atoms with Crippen molar-refractivity contribution in [1.82, 2.24) is 10.2 Å². The third-order valence-corrected chi connectivity index (χ3v) is 6.62. The number of hydrogen-bond acceptors (Lipinski definition) is 4. The molecule has 28 heavy (non-hydrogen) atoms. The van der Waals surface area contributed by atoms with E-state index in [0.717, 1.165) is 32.0 Å². The number of carbonyl (C=O) groups excluding carboxylic acids is 1. The fraction of sp³-hybridized carbons (Fsp3) is 0.682. The Bertz CT molecular complexity index is 619. The van der Waals surface area contributed by atoms with Crippen LogP contribution in [0.25, 0.3) is 0 Å². The van der Waals surface area contributed by atoms with Crippen molar-refractivity contribution in [1.29, 1.82) is 0 Å². The molecule has 5 nitrogen and oxygen atoms in total. The molecule has 6 heteroatoms. The lowest BCUT2D eigenvalue weighted by Gasteiger charge is -2.43. The molecule has 4 rings (SSSR count). The Labute approximate surface area is 175 Å². The van der Waals surface area contributed by atoms with Crippen molar-refractivity contribution in [2.45, 2.75) is 63.2 Å². The summed E-state index contributed by atoms with van der Waals surface area (Å²) in [7, 11) is 1.66. The van der Waals surface area contributed by atoms with Gasteiger partial charge in [0.25, 0.3) is 5.91 Å². The maximum Gasteiger partial charge on any atom is 0.251 e. The molecule has 0 spiro atoms. The Hall–Kier alpha value is -1.30. The van der Waals surface area contributed by atoms with E-state index in [-0.39, 0.29) is 18.3 Å². The third kappa shape index (κ3) is 5.00. The van der Waals surface area contributed by atoms with Gasteiger partial charge in [0, 0.05) is 50.5 Å². The van der Waals surface area contributed by atoms with Crippen molar-refractivity contribution in [3.05, 3.63) is 29.8 Å². The van der Waals surface area contributed by atoms with E-state index in [4.69, 9.17) is 4.74 Å². The first-order valence-electron chi connectivity index (χ1n) is 10.7. The summed E-state index contributed by atoms with van der Waals surface area (Å²) in [5.41, 5.74) is 1.92. The molecule has 1 aromatic carbocycles. The first kappa shape index (κ1) is 21.4. The first-order valence-corrected chi connectivity index (χ1v) is 10.7. The number of carbonyl (C=O) groups is 1. The molecular formula is C22H34ClN3O2. The highest BCUT2D eigenvalue weighted by Crippen LogP contribution is 2.29. The molecule has 0 atom stereocenters. The van der Waals surface area contributed by atoms with Crippen molar-refractivity contribution in [2.75, 3.05) is 38.1 Å². The molecule has 1 amide bonds. The van der Waals surface area contributed by atoms with Crippen LogP contribution in [0.1, 0.15) is 55.3 Å². The Morgan fingerprint density at radius 1 is 0.929 bits per heavy atom. The van der Waals surface area contributed by atoms with Gasteiger partial charge in [-0.15, -0.1) is 12.4 Å². The second-order valence-corrected chi connectivity index (χ2v) is 8.27. The van der Waals surface area contributed by atoms with Crippen molar-refractivity contribution >= 4 is 24.0 Å². The summed E-state index contributed by atoms with van der Waals surface area (Å²) in [6.07, 6.45) is 9.72. The van der Waals surface area contributed by atoms with Gasteiger partial charge in [-0.1, -0.05) is 6.42 Å². The molecule has 0 aromatic heterocycles. The van der Waals surface area contributed by atoms with Gasteiger partial charge in [0.2, 0.25) is 0 Å². The Kier molecular flexibility index (Phi) is 7.61. The number of benzene rings is 1. The number of nitrogens with zero attached hydrogens (tertiary/aromatic N) is 2. The molecule has 0 radical (unpaired) electrons. The summed E-state index contributed by atoms with van der Waals surface area (Å²) < 4.78 is 6.46. The number of hydrogen-bond donors (Lipinski definition) is 1. The van der Waals surface area contributed by atoms with Gasteiger partial charge in [-0.2, -0.15) is 0 Å². The SMILES string of the molecule is CNC(=O)c1ccc(N2CCC(OC3CCN(C4CCC4)CC3)CC2)cc1.Cl. The molecule has 2 saturated heterocycles. The summed E-state index contributed by atoms with van der Waals surface area (Å²) in [4.78, 5) is 16.8. The lowest BCUT2D eigenvalue weighted by molar-refractivity contribution is -0.0598. The van der Waals surface area contributed by atoms with Crippen LogP contribution in [0.3, 0.4) is 0 Å². The highest BCUT2D eigenvalue weighted by molar-refractivity contribution is 5.94. The number of amides is 1. The summed E-state index contributed by atoms with van der Waals surface area (Å²) in [6.45, 7) is 4.52. The van der Waals surface area contributed by atoms with Crippen molar-refractivity contribution in [2.24, 2.45) is 0 Å². The minimum atomic E-state index is -0.0305. The molecule has 0 bridgehead atoms. The van der Waals surface area contributed by atoms with Crippen LogP contribution in [0, 0.1) is 0 Å². The predicted molar refractivity (Wildman–Crippen MR) is 116 cm³/mol. The lowest BCUT2D eigenvalue weighted by Crippen LogP contribution is -2.47. The van der Waals surface area contributed by atoms with Crippen LogP contribution in [0.2, 0.25) is 0 Å². The molecule has 2 aliphatic heterocycles. The minimum absolute atomic E-state index is 0. The second-order valence-electron chi connectivity index (χ2n) is 8.27. The topological polar surface area (TPSA) is 44.8 Å². The number of halogens is 1. The van der Waals surface area contributed by atoms with Gasteiger partial charge in [-0.05, 0) is 62.8 Å². The fourth-order valence-corrected chi connectivity index (χ4v) is 4.62. The normalized spacial score (nSPS) is 22.4. The lowest BCUT2D eigenvalue weighted by atomic mass is 9.89. The van der Waals surface area contributed by atoms with Crippen LogP contribution in [0.15, 0.2) is 24.3 Å². The highest BCUT2D eigenvalue weighted by Gasteiger charge is 2.30. The third-order valence-electron chi connectivity index (χ3n) is 6.62. The molecular weight excluding hydrogens is 374 g/mol. The van der Waals surface area contributed by atoms with Crippen LogP contribution in [0.4, 0.5) is 5.69 Å². The standard InChI is InChI=1S/C22H33N3O2.ClH/c1-23-22(26)17-5-7-19(8-6-17)25-15-11-21(12-16-25)27-20-9-13-24(14-10-20)18-3-2-4-18;/h5-8,18,20-21H,2-4,9-16H2,1H3,(H,23,26);1H. The fourth-order valence-electron chi connectivity index (χ4n) is 4.62. The number of ether oxygens (including phenoxy) is 1. The number of likely N-dealkylation sites (tertiary alicyclic amines) is 1. The van der Waals surface area contributed by atoms with Crippen molar-refractivity contribution in [3.63, 3.8) is 0 Å². The molecule has 3 aliphatic rings. The quantitative estimate of drug-likeness (QED) is 0.811. The highest BCUT2D eigenvalue weighted by atomic mass is 35.5. The molecule has 156 valence electrons. The maximum atomic E-state index is 11.7. The second kappa shape index (κ2) is 9.95. The molecule has 2 heterocycles. The Balaban J connectivity index is 0.00000225. The van der Waals surface area contributed by atoms with Crippen molar-refractivity contribution in [3.8, 4) is 0 Å². The van der Waals surface area contributed by atoms with Crippen LogP contribution >= 0.6 is 12.4 Å². The van der Waals surface area contributed by atoms with E-state index in [1.165, 1.54) is 50.9 Å². The number of rotatable bonds is 5. The molecule has 1 aromatic rings. The monoisotopic (exact) mass is 407 g/mol. The van der Waals surface area contributed by atoms with Crippen molar-refractivity contribution < 1.29 is 9.53 Å². The van der Waals surface area contributed by atoms with E-state index in [1.54, 1.807) is 7.05 Å². The number of piperidine rings is 2. The van der Waals surface area contributed by atoms with E-state index in [1.807, 2.05) is 12.1 Å². The van der Waals surface area contributed by atoms with Crippen LogP contribution in [-0.2, 0) is 4.74 Å². The average Bonchev–Trinajstić information content (AvgIpc) is 2.68. The first-order chi connectivity index (χ1) is 13.2. The van der Waals surface area contributed by atoms with E-state index < -0.39 is 0 Å². The van der Waals surface area contributed by atoms with E-state index in [2.05, 4.69) is 27.2 Å². The van der Waals surface area contributed by atoms with Gasteiger partial charge in [0.05, 0.1) is 12.2 Å². The smallest absolute Gasteiger partial charge is 0.251 e. The van der Waals surface area contributed by atoms with Gasteiger partial charge in [-0.25, -0.2) is 0 Å². The summed E-state index contributed by atoms with van der Waals surface area (Å²) in [5, 5.41) is 2.67. The zero-order valence-electron chi connectivity index (χ0n) is 16.9.